The van der Waals surface area contributed by atoms with Gasteiger partial charge in [0.1, 0.15) is 17.3 Å². The number of aromatic nitrogens is 4. The molecule has 2 fully saturated rings. The highest BCUT2D eigenvalue weighted by molar-refractivity contribution is 8.01. The number of rotatable bonds is 4. The Balaban J connectivity index is 1.42. The van der Waals surface area contributed by atoms with E-state index in [1.807, 2.05) is 25.1 Å². The molecule has 2 bridgehead atoms. The van der Waals surface area contributed by atoms with E-state index in [4.69, 9.17) is 20.7 Å². The smallest absolute Gasteiger partial charge is 0.198 e. The van der Waals surface area contributed by atoms with Gasteiger partial charge >= 0.3 is 0 Å². The third-order valence-corrected chi connectivity index (χ3v) is 9.23. The molecule has 3 atom stereocenters. The zero-order valence-electron chi connectivity index (χ0n) is 18.6. The predicted molar refractivity (Wildman–Crippen MR) is 136 cm³/mol. The molecule has 5 aromatic rings. The van der Waals surface area contributed by atoms with E-state index in [9.17, 15) is 4.39 Å². The van der Waals surface area contributed by atoms with Crippen LogP contribution in [0.25, 0.3) is 32.2 Å². The Morgan fingerprint density at radius 3 is 2.85 bits per heavy atom. The Morgan fingerprint density at radius 1 is 1.21 bits per heavy atom. The van der Waals surface area contributed by atoms with Crippen LogP contribution in [0.2, 0.25) is 0 Å². The number of hydrogen-bond acceptors (Lipinski definition) is 7. The summed E-state index contributed by atoms with van der Waals surface area (Å²) >= 11 is 3.13. The lowest BCUT2D eigenvalue weighted by molar-refractivity contribution is 0.471. The molecule has 0 radical (unpaired) electrons. The fourth-order valence-corrected chi connectivity index (χ4v) is 7.58. The second kappa shape index (κ2) is 7.63. The van der Waals surface area contributed by atoms with Crippen LogP contribution in [0.3, 0.4) is 0 Å². The summed E-state index contributed by atoms with van der Waals surface area (Å²) in [5.41, 5.74) is 9.96. The maximum atomic E-state index is 14.6. The second-order valence-electron chi connectivity index (χ2n) is 9.27. The number of hydrogen-bond donors (Lipinski definition) is 2. The van der Waals surface area contributed by atoms with Crippen molar-refractivity contribution in [3.8, 4) is 0 Å². The SMILES string of the molecule is CCc1cc(F)cc2c1[nH]c1nc(Sc3nc4ccccc4s3)nc(N3C[C@H]4C[C@@H]3C[C@H]4N)c12. The topological polar surface area (TPSA) is 83.7 Å². The number of nitrogens with two attached hydrogens (primary N) is 1. The minimum atomic E-state index is -0.228. The fourth-order valence-electron chi connectivity index (χ4n) is 5.65. The molecule has 1 saturated carbocycles. The molecule has 7 rings (SSSR count). The van der Waals surface area contributed by atoms with E-state index in [2.05, 4.69) is 16.0 Å². The van der Waals surface area contributed by atoms with Gasteiger partial charge in [0.25, 0.3) is 0 Å². The lowest BCUT2D eigenvalue weighted by atomic mass is 10.0. The van der Waals surface area contributed by atoms with Crippen LogP contribution in [0, 0.1) is 11.7 Å². The van der Waals surface area contributed by atoms with Crippen LogP contribution in [-0.4, -0.2) is 38.6 Å². The molecule has 3 aromatic heterocycles. The number of piperidine rings is 1. The molecular formula is C25H23FN6S2. The predicted octanol–water partition coefficient (Wildman–Crippen LogP) is 5.50. The quantitative estimate of drug-likeness (QED) is 0.324. The molecule has 34 heavy (non-hydrogen) atoms. The van der Waals surface area contributed by atoms with Crippen LogP contribution >= 0.6 is 23.1 Å². The molecule has 0 amide bonds. The lowest BCUT2D eigenvalue weighted by Crippen LogP contribution is -2.41. The van der Waals surface area contributed by atoms with Crippen LogP contribution in [0.1, 0.15) is 25.3 Å². The number of thiazole rings is 1. The zero-order valence-corrected chi connectivity index (χ0v) is 20.2. The van der Waals surface area contributed by atoms with Gasteiger partial charge in [0.2, 0.25) is 0 Å². The minimum Gasteiger partial charge on any atom is -0.353 e. The van der Waals surface area contributed by atoms with E-state index in [0.717, 1.165) is 73.7 Å². The largest absolute Gasteiger partial charge is 0.353 e. The Morgan fingerprint density at radius 2 is 2.09 bits per heavy atom. The number of H-pyrrole nitrogens is 1. The van der Waals surface area contributed by atoms with Crippen LogP contribution in [0.15, 0.2) is 45.9 Å². The number of nitrogens with one attached hydrogen (secondary N) is 1. The maximum Gasteiger partial charge on any atom is 0.198 e. The zero-order chi connectivity index (χ0) is 23.0. The van der Waals surface area contributed by atoms with Crippen molar-refractivity contribution in [2.45, 2.75) is 47.8 Å². The highest BCUT2D eigenvalue weighted by Gasteiger charge is 2.44. The Hall–Kier alpha value is -2.75. The van der Waals surface area contributed by atoms with E-state index in [-0.39, 0.29) is 11.9 Å². The van der Waals surface area contributed by atoms with Crippen molar-refractivity contribution in [1.29, 1.82) is 0 Å². The normalized spacial score (nSPS) is 22.1. The fraction of sp³-hybridized carbons (Fsp3) is 0.320. The molecule has 1 aliphatic heterocycles. The number of para-hydroxylation sites is 1. The number of nitrogens with zero attached hydrogens (tertiary/aromatic N) is 4. The first-order valence-electron chi connectivity index (χ1n) is 11.6. The monoisotopic (exact) mass is 490 g/mol. The molecule has 6 nitrogen and oxygen atoms in total. The Kier molecular flexibility index (Phi) is 4.62. The average Bonchev–Trinajstić information content (AvgIpc) is 3.58. The van der Waals surface area contributed by atoms with Gasteiger partial charge < -0.3 is 15.6 Å². The number of aromatic amines is 1. The number of halogens is 1. The molecule has 3 N–H and O–H groups in total. The maximum absolute atomic E-state index is 14.6. The van der Waals surface area contributed by atoms with E-state index in [1.165, 1.54) is 11.8 Å². The van der Waals surface area contributed by atoms with Gasteiger partial charge in [0.15, 0.2) is 9.50 Å². The summed E-state index contributed by atoms with van der Waals surface area (Å²) in [5, 5.41) is 2.41. The van der Waals surface area contributed by atoms with Gasteiger partial charge in [-0.3, -0.25) is 0 Å². The molecule has 1 saturated heterocycles. The van der Waals surface area contributed by atoms with Crippen LogP contribution in [-0.2, 0) is 6.42 Å². The number of benzene rings is 2. The van der Waals surface area contributed by atoms with Crippen molar-refractivity contribution < 1.29 is 4.39 Å². The van der Waals surface area contributed by atoms with E-state index < -0.39 is 0 Å². The van der Waals surface area contributed by atoms with E-state index in [1.54, 1.807) is 23.5 Å². The van der Waals surface area contributed by atoms with Gasteiger partial charge in [-0.15, -0.1) is 11.3 Å². The first-order valence-corrected chi connectivity index (χ1v) is 13.3. The van der Waals surface area contributed by atoms with E-state index >= 15 is 0 Å². The van der Waals surface area contributed by atoms with Crippen LogP contribution in [0.4, 0.5) is 10.2 Å². The Labute approximate surface area is 203 Å². The van der Waals surface area contributed by atoms with Gasteiger partial charge in [0, 0.05) is 24.0 Å². The summed E-state index contributed by atoms with van der Waals surface area (Å²) in [6.45, 7) is 2.92. The standard InChI is InChI=1S/C25H23FN6S2/c1-2-12-7-14(26)9-16-20-22(29-21(12)16)30-24(34-25-28-18-5-3-4-6-19(18)33-25)31-23(20)32-11-13-8-15(32)10-17(13)27/h3-7,9,13,15,17H,2,8,10-11,27H2,1H3,(H,29,30,31)/t13-,15-,17-/m1/s1. The van der Waals surface area contributed by atoms with Gasteiger partial charge in [-0.25, -0.2) is 19.3 Å². The first kappa shape index (κ1) is 20.6. The molecular weight excluding hydrogens is 467 g/mol. The summed E-state index contributed by atoms with van der Waals surface area (Å²) < 4.78 is 16.6. The molecule has 4 heterocycles. The second-order valence-corrected chi connectivity index (χ2v) is 11.5. The molecule has 9 heteroatoms. The van der Waals surface area contributed by atoms with Crippen LogP contribution < -0.4 is 10.6 Å². The summed E-state index contributed by atoms with van der Waals surface area (Å²) in [6, 6.07) is 12.0. The Bertz CT molecular complexity index is 1540. The first-order chi connectivity index (χ1) is 16.6. The molecule has 172 valence electrons. The number of anilines is 1. The van der Waals surface area contributed by atoms with Crippen molar-refractivity contribution in [3.63, 3.8) is 0 Å². The minimum absolute atomic E-state index is 0.228. The summed E-state index contributed by atoms with van der Waals surface area (Å²) in [5.74, 6) is 1.13. The molecule has 0 unspecified atom stereocenters. The van der Waals surface area contributed by atoms with Crippen molar-refractivity contribution in [2.75, 3.05) is 11.4 Å². The van der Waals surface area contributed by atoms with Crippen molar-refractivity contribution >= 4 is 61.1 Å². The summed E-state index contributed by atoms with van der Waals surface area (Å²) in [4.78, 5) is 20.6. The summed E-state index contributed by atoms with van der Waals surface area (Å²) in [7, 11) is 0. The van der Waals surface area contributed by atoms with Gasteiger partial charge in [0.05, 0.1) is 21.1 Å². The molecule has 2 aromatic carbocycles. The van der Waals surface area contributed by atoms with Crippen molar-refractivity contribution in [3.05, 3.63) is 47.8 Å². The van der Waals surface area contributed by atoms with Gasteiger partial charge in [-0.2, -0.15) is 0 Å². The van der Waals surface area contributed by atoms with E-state index in [0.29, 0.717) is 17.1 Å². The highest BCUT2D eigenvalue weighted by atomic mass is 32.2. The van der Waals surface area contributed by atoms with Gasteiger partial charge in [-0.05, 0) is 66.8 Å². The average molecular weight is 491 g/mol. The summed E-state index contributed by atoms with van der Waals surface area (Å²) in [6.07, 6.45) is 2.79. The lowest BCUT2D eigenvalue weighted by Gasteiger charge is -2.31. The number of fused-ring (bicyclic) bond motifs is 6. The van der Waals surface area contributed by atoms with Crippen molar-refractivity contribution in [1.82, 2.24) is 19.9 Å². The molecule has 2 aliphatic rings. The third-order valence-electron chi connectivity index (χ3n) is 7.27. The third kappa shape index (κ3) is 3.14. The molecule has 1 aliphatic carbocycles. The van der Waals surface area contributed by atoms with Crippen molar-refractivity contribution in [2.24, 2.45) is 11.7 Å². The highest BCUT2D eigenvalue weighted by Crippen LogP contribution is 2.44. The van der Waals surface area contributed by atoms with Gasteiger partial charge in [-0.1, -0.05) is 19.1 Å². The molecule has 0 spiro atoms. The number of aryl methyl sites for hydroxylation is 1. The van der Waals surface area contributed by atoms with Crippen LogP contribution in [0.5, 0.6) is 0 Å².